The molecule has 2 amide bonds. The van der Waals surface area contributed by atoms with Crippen LogP contribution in [0.3, 0.4) is 0 Å². The summed E-state index contributed by atoms with van der Waals surface area (Å²) in [7, 11) is 0. The summed E-state index contributed by atoms with van der Waals surface area (Å²) in [5.74, 6) is -0.0692. The van der Waals surface area contributed by atoms with Crippen molar-refractivity contribution >= 4 is 28.2 Å². The number of hydrogen-bond acceptors (Lipinski definition) is 5. The number of carbonyl (C=O) groups is 2. The van der Waals surface area contributed by atoms with Crippen molar-refractivity contribution < 1.29 is 9.59 Å². The highest BCUT2D eigenvalue weighted by molar-refractivity contribution is 7.18. The fourth-order valence-corrected chi connectivity index (χ4v) is 3.20. The monoisotopic (exact) mass is 330 g/mol. The van der Waals surface area contributed by atoms with Crippen molar-refractivity contribution in [2.45, 2.75) is 32.6 Å². The van der Waals surface area contributed by atoms with Crippen molar-refractivity contribution in [1.82, 2.24) is 4.90 Å². The van der Waals surface area contributed by atoms with Crippen LogP contribution in [0.4, 0.5) is 5.00 Å². The van der Waals surface area contributed by atoms with E-state index >= 15 is 0 Å². The third-order valence-corrected chi connectivity index (χ3v) is 4.72. The van der Waals surface area contributed by atoms with Gasteiger partial charge in [-0.15, -0.1) is 11.3 Å². The lowest BCUT2D eigenvalue weighted by Gasteiger charge is -2.19. The largest absolute Gasteiger partial charge is 0.336 e. The molecule has 1 aliphatic rings. The zero-order valence-electron chi connectivity index (χ0n) is 13.0. The number of carbonyl (C=O) groups excluding carboxylic acids is 2. The van der Waals surface area contributed by atoms with Gasteiger partial charge in [0.25, 0.3) is 5.91 Å². The molecule has 0 radical (unpaired) electrons. The molecule has 2 rings (SSSR count). The van der Waals surface area contributed by atoms with Gasteiger partial charge in [0.15, 0.2) is 0 Å². The maximum Gasteiger partial charge on any atom is 0.264 e. The zero-order valence-corrected chi connectivity index (χ0v) is 13.8. The molecule has 0 aromatic carbocycles. The Kier molecular flexibility index (Phi) is 5.72. The van der Waals surface area contributed by atoms with Crippen molar-refractivity contribution in [3.05, 3.63) is 16.5 Å². The highest BCUT2D eigenvalue weighted by Crippen LogP contribution is 2.33. The number of rotatable bonds is 7. The van der Waals surface area contributed by atoms with E-state index in [4.69, 9.17) is 10.5 Å². The minimum absolute atomic E-state index is 0.0102. The van der Waals surface area contributed by atoms with Gasteiger partial charge in [-0.3, -0.25) is 9.59 Å². The predicted molar refractivity (Wildman–Crippen MR) is 86.8 cm³/mol. The molecular weight excluding hydrogens is 312 g/mol. The molecule has 0 aliphatic heterocycles. The lowest BCUT2D eigenvalue weighted by atomic mass is 10.2. The van der Waals surface area contributed by atoms with Gasteiger partial charge in [-0.25, -0.2) is 0 Å². The van der Waals surface area contributed by atoms with Crippen LogP contribution in [0.2, 0.25) is 0 Å². The van der Waals surface area contributed by atoms with Gasteiger partial charge in [0, 0.05) is 19.0 Å². The Bertz CT molecular complexity index is 661. The first-order chi connectivity index (χ1) is 11.1. The normalized spacial score (nSPS) is 13.0. The molecule has 0 atom stereocenters. The second-order valence-corrected chi connectivity index (χ2v) is 6.55. The van der Waals surface area contributed by atoms with Crippen molar-refractivity contribution in [2.75, 3.05) is 18.4 Å². The molecule has 1 heterocycles. The summed E-state index contributed by atoms with van der Waals surface area (Å²) >= 11 is 1.25. The highest BCUT2D eigenvalue weighted by Gasteiger charge is 2.30. The molecule has 1 aromatic heterocycles. The fraction of sp³-hybridized carbons (Fsp3) is 0.500. The van der Waals surface area contributed by atoms with Crippen LogP contribution in [0.15, 0.2) is 6.07 Å². The Labute approximate surface area is 139 Å². The van der Waals surface area contributed by atoms with E-state index in [1.165, 1.54) is 16.2 Å². The lowest BCUT2D eigenvalue weighted by molar-refractivity contribution is -0.117. The number of nitrogens with zero attached hydrogens (tertiary/aromatic N) is 3. The number of aryl methyl sites for hydroxylation is 1. The Balaban J connectivity index is 2.09. The molecule has 0 bridgehead atoms. The van der Waals surface area contributed by atoms with Crippen LogP contribution in [0, 0.1) is 35.5 Å². The number of hydrogen-bond donors (Lipinski definition) is 1. The summed E-state index contributed by atoms with van der Waals surface area (Å²) in [5.41, 5.74) is 0.796. The first kappa shape index (κ1) is 17.0. The van der Waals surface area contributed by atoms with Gasteiger partial charge < -0.3 is 10.2 Å². The van der Waals surface area contributed by atoms with Crippen molar-refractivity contribution in [2.24, 2.45) is 5.92 Å². The van der Waals surface area contributed by atoms with E-state index in [9.17, 15) is 9.59 Å². The molecule has 23 heavy (non-hydrogen) atoms. The van der Waals surface area contributed by atoms with Gasteiger partial charge in [-0.2, -0.15) is 10.5 Å². The van der Waals surface area contributed by atoms with E-state index in [-0.39, 0.29) is 30.6 Å². The van der Waals surface area contributed by atoms with Crippen LogP contribution < -0.4 is 5.32 Å². The van der Waals surface area contributed by atoms with Gasteiger partial charge >= 0.3 is 0 Å². The first-order valence-corrected chi connectivity index (χ1v) is 8.33. The van der Waals surface area contributed by atoms with E-state index < -0.39 is 0 Å². The van der Waals surface area contributed by atoms with E-state index in [1.54, 1.807) is 6.07 Å². The summed E-state index contributed by atoms with van der Waals surface area (Å²) in [5, 5.41) is 20.9. The average Bonchev–Trinajstić information content (AvgIpc) is 3.31. The number of anilines is 1. The molecule has 120 valence electrons. The number of thiophene rings is 1. The molecule has 0 unspecified atom stereocenters. The van der Waals surface area contributed by atoms with Crippen molar-refractivity contribution in [1.29, 1.82) is 10.5 Å². The summed E-state index contributed by atoms with van der Waals surface area (Å²) in [4.78, 5) is 26.5. The Morgan fingerprint density at radius 3 is 2.43 bits per heavy atom. The fourth-order valence-electron chi connectivity index (χ4n) is 2.15. The van der Waals surface area contributed by atoms with Crippen LogP contribution in [-0.2, 0) is 4.79 Å². The zero-order chi connectivity index (χ0) is 16.8. The van der Waals surface area contributed by atoms with Crippen LogP contribution in [0.5, 0.6) is 0 Å². The molecular formula is C16H18N4O2S. The molecule has 1 saturated carbocycles. The van der Waals surface area contributed by atoms with Gasteiger partial charge in [0.05, 0.1) is 34.9 Å². The van der Waals surface area contributed by atoms with Crippen LogP contribution >= 0.6 is 11.3 Å². The molecule has 1 N–H and O–H groups in total. The number of nitrogens with one attached hydrogen (secondary N) is 1. The standard InChI is InChI=1S/C16H18N4O2S/c1-11-10-13(19-15(21)12-4-5-12)23-14(11)16(22)20(8-2-6-17)9-3-7-18/h10,12H,2-5,8-9H2,1H3,(H,19,21). The van der Waals surface area contributed by atoms with E-state index in [0.29, 0.717) is 23.0 Å². The van der Waals surface area contributed by atoms with Crippen LogP contribution in [-0.4, -0.2) is 29.8 Å². The molecule has 0 saturated heterocycles. The molecule has 0 spiro atoms. The van der Waals surface area contributed by atoms with E-state index in [0.717, 1.165) is 18.4 Å². The minimum Gasteiger partial charge on any atom is -0.336 e. The highest BCUT2D eigenvalue weighted by atomic mass is 32.1. The lowest BCUT2D eigenvalue weighted by Crippen LogP contribution is -2.32. The third kappa shape index (κ3) is 4.54. The Hall–Kier alpha value is -2.38. The summed E-state index contributed by atoms with van der Waals surface area (Å²) in [6, 6.07) is 5.83. The van der Waals surface area contributed by atoms with Crippen molar-refractivity contribution in [3.63, 3.8) is 0 Å². The Morgan fingerprint density at radius 1 is 1.30 bits per heavy atom. The van der Waals surface area contributed by atoms with Gasteiger partial charge in [0.1, 0.15) is 0 Å². The summed E-state index contributed by atoms with van der Waals surface area (Å²) in [6.07, 6.45) is 2.32. The Morgan fingerprint density at radius 2 is 1.91 bits per heavy atom. The average molecular weight is 330 g/mol. The smallest absolute Gasteiger partial charge is 0.264 e. The van der Waals surface area contributed by atoms with Crippen molar-refractivity contribution in [3.8, 4) is 12.1 Å². The van der Waals surface area contributed by atoms with Crippen LogP contribution in [0.25, 0.3) is 0 Å². The van der Waals surface area contributed by atoms with E-state index in [1.807, 2.05) is 19.1 Å². The maximum atomic E-state index is 12.6. The van der Waals surface area contributed by atoms with Gasteiger partial charge in [0.2, 0.25) is 5.91 Å². The molecule has 1 aromatic rings. The molecule has 6 nitrogen and oxygen atoms in total. The second kappa shape index (κ2) is 7.75. The SMILES string of the molecule is Cc1cc(NC(=O)C2CC2)sc1C(=O)N(CCC#N)CCC#N. The topological polar surface area (TPSA) is 97.0 Å². The molecule has 1 aliphatic carbocycles. The van der Waals surface area contributed by atoms with Crippen LogP contribution in [0.1, 0.15) is 40.9 Å². The predicted octanol–water partition coefficient (Wildman–Crippen LogP) is 2.67. The summed E-state index contributed by atoms with van der Waals surface area (Å²) in [6.45, 7) is 2.43. The maximum absolute atomic E-state index is 12.6. The van der Waals surface area contributed by atoms with E-state index in [2.05, 4.69) is 5.32 Å². The first-order valence-electron chi connectivity index (χ1n) is 7.51. The molecule has 1 fully saturated rings. The second-order valence-electron chi connectivity index (χ2n) is 5.49. The minimum atomic E-state index is -0.190. The van der Waals surface area contributed by atoms with Gasteiger partial charge in [-0.05, 0) is 31.4 Å². The quantitative estimate of drug-likeness (QED) is 0.831. The summed E-state index contributed by atoms with van der Waals surface area (Å²) < 4.78 is 0. The third-order valence-electron chi connectivity index (χ3n) is 3.58. The van der Waals surface area contributed by atoms with Gasteiger partial charge in [-0.1, -0.05) is 0 Å². The molecule has 7 heteroatoms. The number of amides is 2. The number of nitriles is 2.